The zero-order valence-corrected chi connectivity index (χ0v) is 21.1. The van der Waals surface area contributed by atoms with Crippen molar-refractivity contribution in [2.24, 2.45) is 11.3 Å². The van der Waals surface area contributed by atoms with Gasteiger partial charge in [0.1, 0.15) is 6.04 Å². The molecule has 1 heterocycles. The smallest absolute Gasteiger partial charge is 0.335 e. The molecule has 3 aliphatic rings. The zero-order chi connectivity index (χ0) is 25.0. The standard InChI is InChI=1S/C28H40N2O5/c1-19(35-18-21-8-14-28(15-9-21)12-3-13-28)25(29-20(2)31)26(32)30-16-10-23(11-17-30)22-4-6-24(7-5-22)27(33)34/h4-7,19,21,23,25H,3,8-18H2,1-2H3,(H,29,31)(H,33,34). The molecule has 1 saturated heterocycles. The molecule has 0 radical (unpaired) electrons. The monoisotopic (exact) mass is 484 g/mol. The number of nitrogens with one attached hydrogen (secondary N) is 1. The first-order chi connectivity index (χ1) is 16.8. The Morgan fingerprint density at radius 1 is 1.06 bits per heavy atom. The Bertz CT molecular complexity index is 892. The molecule has 2 aliphatic carbocycles. The first-order valence-corrected chi connectivity index (χ1v) is 13.3. The lowest BCUT2D eigenvalue weighted by molar-refractivity contribution is -0.141. The van der Waals surface area contributed by atoms with Crippen molar-refractivity contribution in [1.29, 1.82) is 0 Å². The van der Waals surface area contributed by atoms with Crippen LogP contribution in [-0.2, 0) is 14.3 Å². The lowest BCUT2D eigenvalue weighted by Crippen LogP contribution is -2.55. The number of piperidine rings is 1. The van der Waals surface area contributed by atoms with Gasteiger partial charge in [0.05, 0.1) is 11.7 Å². The van der Waals surface area contributed by atoms with Gasteiger partial charge in [0, 0.05) is 26.6 Å². The van der Waals surface area contributed by atoms with E-state index in [0.29, 0.717) is 36.9 Å². The van der Waals surface area contributed by atoms with E-state index in [2.05, 4.69) is 5.32 Å². The minimum Gasteiger partial charge on any atom is -0.478 e. The Balaban J connectivity index is 1.28. The molecule has 4 rings (SSSR count). The fourth-order valence-electron chi connectivity index (χ4n) is 6.14. The normalized spacial score (nSPS) is 22.3. The number of likely N-dealkylation sites (tertiary alicyclic amines) is 1. The highest BCUT2D eigenvalue weighted by Gasteiger charge is 2.40. The summed E-state index contributed by atoms with van der Waals surface area (Å²) in [6.07, 6.45) is 10.4. The van der Waals surface area contributed by atoms with Gasteiger partial charge in [-0.3, -0.25) is 9.59 Å². The molecule has 7 nitrogen and oxygen atoms in total. The highest BCUT2D eigenvalue weighted by Crippen LogP contribution is 2.52. The van der Waals surface area contributed by atoms with Crippen molar-refractivity contribution >= 4 is 17.8 Å². The predicted octanol–water partition coefficient (Wildman–Crippen LogP) is 4.36. The van der Waals surface area contributed by atoms with Gasteiger partial charge in [-0.25, -0.2) is 4.79 Å². The summed E-state index contributed by atoms with van der Waals surface area (Å²) in [6, 6.07) is 6.35. The molecule has 3 fully saturated rings. The molecule has 1 aromatic carbocycles. The lowest BCUT2D eigenvalue weighted by atomic mass is 9.59. The molecule has 2 amide bonds. The van der Waals surface area contributed by atoms with E-state index in [0.717, 1.165) is 18.4 Å². The second-order valence-corrected chi connectivity index (χ2v) is 11.0. The molecule has 2 atom stereocenters. The number of ether oxygens (including phenoxy) is 1. The van der Waals surface area contributed by atoms with E-state index in [-0.39, 0.29) is 23.5 Å². The summed E-state index contributed by atoms with van der Waals surface area (Å²) in [7, 11) is 0. The molecule has 1 spiro atoms. The number of hydrogen-bond acceptors (Lipinski definition) is 4. The molecule has 7 heteroatoms. The number of hydrogen-bond donors (Lipinski definition) is 2. The van der Waals surface area contributed by atoms with Gasteiger partial charge in [-0.15, -0.1) is 0 Å². The van der Waals surface area contributed by atoms with Crippen LogP contribution in [0.1, 0.15) is 93.5 Å². The van der Waals surface area contributed by atoms with Crippen LogP contribution in [0.2, 0.25) is 0 Å². The summed E-state index contributed by atoms with van der Waals surface area (Å²) in [5, 5.41) is 11.9. The summed E-state index contributed by atoms with van der Waals surface area (Å²) in [4.78, 5) is 38.2. The highest BCUT2D eigenvalue weighted by atomic mass is 16.5. The molecular weight excluding hydrogens is 444 g/mol. The second kappa shape index (κ2) is 11.1. The van der Waals surface area contributed by atoms with Gasteiger partial charge in [0.2, 0.25) is 11.8 Å². The van der Waals surface area contributed by atoms with E-state index < -0.39 is 12.0 Å². The van der Waals surface area contributed by atoms with E-state index >= 15 is 0 Å². The molecule has 192 valence electrons. The van der Waals surface area contributed by atoms with Crippen LogP contribution in [0.25, 0.3) is 0 Å². The average molecular weight is 485 g/mol. The van der Waals surface area contributed by atoms with Crippen molar-refractivity contribution in [3.05, 3.63) is 35.4 Å². The number of rotatable bonds is 8. The van der Waals surface area contributed by atoms with Gasteiger partial charge >= 0.3 is 5.97 Å². The number of carbonyl (C=O) groups is 3. The summed E-state index contributed by atoms with van der Waals surface area (Å²) >= 11 is 0. The van der Waals surface area contributed by atoms with E-state index in [1.165, 1.54) is 51.9 Å². The summed E-state index contributed by atoms with van der Waals surface area (Å²) in [5.74, 6) is -0.399. The lowest BCUT2D eigenvalue weighted by Gasteiger charge is -2.47. The Morgan fingerprint density at radius 2 is 1.69 bits per heavy atom. The average Bonchev–Trinajstić information content (AvgIpc) is 2.85. The van der Waals surface area contributed by atoms with E-state index in [1.807, 2.05) is 24.0 Å². The molecule has 2 N–H and O–H groups in total. The zero-order valence-electron chi connectivity index (χ0n) is 21.1. The van der Waals surface area contributed by atoms with Crippen LogP contribution in [0, 0.1) is 11.3 Å². The highest BCUT2D eigenvalue weighted by molar-refractivity contribution is 5.88. The predicted molar refractivity (Wildman–Crippen MR) is 133 cm³/mol. The van der Waals surface area contributed by atoms with E-state index in [9.17, 15) is 14.4 Å². The van der Waals surface area contributed by atoms with Gasteiger partial charge in [-0.05, 0) is 93.2 Å². The first kappa shape index (κ1) is 25.7. The summed E-state index contributed by atoms with van der Waals surface area (Å²) in [5.41, 5.74) is 2.01. The first-order valence-electron chi connectivity index (χ1n) is 13.3. The van der Waals surface area contributed by atoms with Crippen molar-refractivity contribution in [3.8, 4) is 0 Å². The molecule has 2 saturated carbocycles. The van der Waals surface area contributed by atoms with Crippen molar-refractivity contribution in [1.82, 2.24) is 10.2 Å². The van der Waals surface area contributed by atoms with Crippen molar-refractivity contribution < 1.29 is 24.2 Å². The summed E-state index contributed by atoms with van der Waals surface area (Å²) in [6.45, 7) is 5.20. The van der Waals surface area contributed by atoms with Crippen LogP contribution >= 0.6 is 0 Å². The number of carboxylic acids is 1. The Hall–Kier alpha value is -2.41. The van der Waals surface area contributed by atoms with Gasteiger partial charge < -0.3 is 20.1 Å². The van der Waals surface area contributed by atoms with Crippen molar-refractivity contribution in [2.75, 3.05) is 19.7 Å². The number of amides is 2. The minimum atomic E-state index is -0.928. The number of carbonyl (C=O) groups excluding carboxylic acids is 2. The number of carboxylic acid groups (broad SMARTS) is 1. The molecule has 0 aromatic heterocycles. The van der Waals surface area contributed by atoms with Crippen LogP contribution in [0.15, 0.2) is 24.3 Å². The number of aromatic carboxylic acids is 1. The molecule has 2 unspecified atom stereocenters. The molecular formula is C28H40N2O5. The SMILES string of the molecule is CC(=O)NC(C(=O)N1CCC(c2ccc(C(=O)O)cc2)CC1)C(C)OCC1CCC2(CCC2)CC1. The maximum absolute atomic E-state index is 13.4. The van der Waals surface area contributed by atoms with Crippen LogP contribution in [0.5, 0.6) is 0 Å². The van der Waals surface area contributed by atoms with Crippen molar-refractivity contribution in [2.45, 2.75) is 89.7 Å². The largest absolute Gasteiger partial charge is 0.478 e. The quantitative estimate of drug-likeness (QED) is 0.572. The molecule has 35 heavy (non-hydrogen) atoms. The van der Waals surface area contributed by atoms with Gasteiger partial charge in [0.15, 0.2) is 0 Å². The third-order valence-electron chi connectivity index (χ3n) is 8.70. The van der Waals surface area contributed by atoms with Gasteiger partial charge in [0.25, 0.3) is 0 Å². The second-order valence-electron chi connectivity index (χ2n) is 11.0. The molecule has 1 aliphatic heterocycles. The van der Waals surface area contributed by atoms with Crippen LogP contribution < -0.4 is 5.32 Å². The topological polar surface area (TPSA) is 95.9 Å². The third-order valence-corrected chi connectivity index (χ3v) is 8.70. The maximum atomic E-state index is 13.4. The van der Waals surface area contributed by atoms with E-state index in [4.69, 9.17) is 9.84 Å². The molecule has 0 bridgehead atoms. The fraction of sp³-hybridized carbons (Fsp3) is 0.679. The van der Waals surface area contributed by atoms with Gasteiger partial charge in [-0.1, -0.05) is 18.6 Å². The van der Waals surface area contributed by atoms with Crippen molar-refractivity contribution in [3.63, 3.8) is 0 Å². The van der Waals surface area contributed by atoms with Gasteiger partial charge in [-0.2, -0.15) is 0 Å². The number of nitrogens with zero attached hydrogens (tertiary/aromatic N) is 1. The van der Waals surface area contributed by atoms with Crippen LogP contribution in [0.4, 0.5) is 0 Å². The Morgan fingerprint density at radius 3 is 2.20 bits per heavy atom. The molecule has 1 aromatic rings. The maximum Gasteiger partial charge on any atom is 0.335 e. The fourth-order valence-corrected chi connectivity index (χ4v) is 6.14. The Labute approximate surface area is 208 Å². The number of benzene rings is 1. The summed E-state index contributed by atoms with van der Waals surface area (Å²) < 4.78 is 6.19. The Kier molecular flexibility index (Phi) is 8.15. The third kappa shape index (κ3) is 6.24. The van der Waals surface area contributed by atoms with Crippen LogP contribution in [-0.4, -0.2) is 59.6 Å². The van der Waals surface area contributed by atoms with Crippen LogP contribution in [0.3, 0.4) is 0 Å². The minimum absolute atomic E-state index is 0.0792. The van der Waals surface area contributed by atoms with E-state index in [1.54, 1.807) is 12.1 Å².